The maximum Gasteiger partial charge on any atom is 0.344 e. The fourth-order valence-electron chi connectivity index (χ4n) is 2.82. The van der Waals surface area contributed by atoms with E-state index in [0.717, 1.165) is 6.42 Å². The largest absolute Gasteiger partial charge is 0.497 e. The third kappa shape index (κ3) is 4.56. The molecule has 0 N–H and O–H groups in total. The molecule has 0 aliphatic rings. The Morgan fingerprint density at radius 3 is 2.00 bits per heavy atom. The van der Waals surface area contributed by atoms with E-state index >= 15 is 0 Å². The van der Waals surface area contributed by atoms with Gasteiger partial charge in [0.2, 0.25) is 5.54 Å². The van der Waals surface area contributed by atoms with Gasteiger partial charge in [0.25, 0.3) is 0 Å². The standard InChI is InChI=1S/C20H29NO5/c1-6-14-20(18(22)25-8-3,19(23)26-9-4)21(15-7-2)16-10-12-17(24-5)13-11-16/h6,10-13H,1,7-9,14-15H2,2-5H3. The summed E-state index contributed by atoms with van der Waals surface area (Å²) in [7, 11) is 1.58. The fraction of sp³-hybridized carbons (Fsp3) is 0.500. The third-order valence-electron chi connectivity index (χ3n) is 3.96. The average molecular weight is 363 g/mol. The lowest BCUT2D eigenvalue weighted by Crippen LogP contribution is -2.62. The summed E-state index contributed by atoms with van der Waals surface area (Å²) in [6.07, 6.45) is 2.35. The van der Waals surface area contributed by atoms with Crippen molar-refractivity contribution in [2.75, 3.05) is 31.8 Å². The van der Waals surface area contributed by atoms with E-state index in [2.05, 4.69) is 6.58 Å². The minimum absolute atomic E-state index is 0.0801. The van der Waals surface area contributed by atoms with Crippen LogP contribution in [-0.4, -0.2) is 44.3 Å². The predicted octanol–water partition coefficient (Wildman–Crippen LogP) is 3.35. The zero-order valence-electron chi connectivity index (χ0n) is 16.1. The number of methoxy groups -OCH3 is 1. The Morgan fingerprint density at radius 2 is 1.62 bits per heavy atom. The maximum absolute atomic E-state index is 12.9. The van der Waals surface area contributed by atoms with Crippen LogP contribution in [0.4, 0.5) is 5.69 Å². The first-order valence-corrected chi connectivity index (χ1v) is 8.88. The molecule has 6 nitrogen and oxygen atoms in total. The molecule has 0 unspecified atom stereocenters. The van der Waals surface area contributed by atoms with Crippen molar-refractivity contribution in [3.63, 3.8) is 0 Å². The molecule has 0 radical (unpaired) electrons. The number of anilines is 1. The molecule has 0 spiro atoms. The summed E-state index contributed by atoms with van der Waals surface area (Å²) in [5, 5.41) is 0. The van der Waals surface area contributed by atoms with Crippen molar-refractivity contribution in [3.05, 3.63) is 36.9 Å². The summed E-state index contributed by atoms with van der Waals surface area (Å²) in [5.74, 6) is -0.586. The Bertz CT molecular complexity index is 579. The van der Waals surface area contributed by atoms with E-state index in [0.29, 0.717) is 18.0 Å². The van der Waals surface area contributed by atoms with Crippen LogP contribution in [0.25, 0.3) is 0 Å². The highest BCUT2D eigenvalue weighted by molar-refractivity contribution is 6.08. The summed E-state index contributed by atoms with van der Waals surface area (Å²) in [4.78, 5) is 27.6. The van der Waals surface area contributed by atoms with Crippen LogP contribution in [0.1, 0.15) is 33.6 Å². The smallest absolute Gasteiger partial charge is 0.344 e. The normalized spacial score (nSPS) is 10.8. The Hall–Kier alpha value is -2.50. The number of hydrogen-bond acceptors (Lipinski definition) is 6. The van der Waals surface area contributed by atoms with Gasteiger partial charge in [-0.15, -0.1) is 6.58 Å². The van der Waals surface area contributed by atoms with Gasteiger partial charge >= 0.3 is 11.9 Å². The quantitative estimate of drug-likeness (QED) is 0.341. The van der Waals surface area contributed by atoms with Crippen molar-refractivity contribution in [1.82, 2.24) is 0 Å². The molecule has 144 valence electrons. The van der Waals surface area contributed by atoms with Gasteiger partial charge in [-0.3, -0.25) is 0 Å². The minimum atomic E-state index is -1.61. The molecular formula is C20H29NO5. The summed E-state index contributed by atoms with van der Waals surface area (Å²) in [5.41, 5.74) is -0.908. The van der Waals surface area contributed by atoms with Crippen molar-refractivity contribution < 1.29 is 23.8 Å². The van der Waals surface area contributed by atoms with Gasteiger partial charge in [0.1, 0.15) is 5.75 Å². The second-order valence-electron chi connectivity index (χ2n) is 5.64. The Morgan fingerprint density at radius 1 is 1.08 bits per heavy atom. The van der Waals surface area contributed by atoms with Gasteiger partial charge in [-0.25, -0.2) is 9.59 Å². The van der Waals surface area contributed by atoms with Crippen molar-refractivity contribution >= 4 is 17.6 Å². The monoisotopic (exact) mass is 363 g/mol. The van der Waals surface area contributed by atoms with Crippen LogP contribution in [-0.2, 0) is 19.1 Å². The first-order chi connectivity index (χ1) is 12.5. The molecule has 0 heterocycles. The van der Waals surface area contributed by atoms with Crippen LogP contribution in [0.15, 0.2) is 36.9 Å². The third-order valence-corrected chi connectivity index (χ3v) is 3.96. The number of hydrogen-bond donors (Lipinski definition) is 0. The molecule has 0 amide bonds. The molecule has 0 aliphatic carbocycles. The van der Waals surface area contributed by atoms with Gasteiger partial charge in [-0.05, 0) is 44.5 Å². The average Bonchev–Trinajstić information content (AvgIpc) is 2.65. The molecule has 6 heteroatoms. The SMILES string of the molecule is C=CCC(C(=O)OCC)(C(=O)OCC)N(CCC)c1ccc(OC)cc1. The predicted molar refractivity (Wildman–Crippen MR) is 101 cm³/mol. The van der Waals surface area contributed by atoms with Gasteiger partial charge in [-0.1, -0.05) is 13.0 Å². The topological polar surface area (TPSA) is 65.1 Å². The number of carbonyl (C=O) groups is 2. The van der Waals surface area contributed by atoms with Crippen LogP contribution in [0, 0.1) is 0 Å². The van der Waals surface area contributed by atoms with Crippen LogP contribution >= 0.6 is 0 Å². The second-order valence-corrected chi connectivity index (χ2v) is 5.64. The number of ether oxygens (including phenoxy) is 3. The molecule has 0 atom stereocenters. The van der Waals surface area contributed by atoms with E-state index in [4.69, 9.17) is 14.2 Å². The molecule has 0 aliphatic heterocycles. The molecule has 0 bridgehead atoms. The molecule has 0 saturated carbocycles. The number of carbonyl (C=O) groups excluding carboxylic acids is 2. The zero-order chi connectivity index (χ0) is 19.6. The van der Waals surface area contributed by atoms with E-state index in [-0.39, 0.29) is 19.6 Å². The molecule has 1 aromatic rings. The van der Waals surface area contributed by atoms with Gasteiger partial charge in [0.05, 0.1) is 20.3 Å². The molecular weight excluding hydrogens is 334 g/mol. The molecule has 1 aromatic carbocycles. The molecule has 26 heavy (non-hydrogen) atoms. The lowest BCUT2D eigenvalue weighted by molar-refractivity contribution is -0.164. The highest BCUT2D eigenvalue weighted by atomic mass is 16.6. The van der Waals surface area contributed by atoms with Crippen LogP contribution < -0.4 is 9.64 Å². The zero-order valence-corrected chi connectivity index (χ0v) is 16.1. The fourth-order valence-corrected chi connectivity index (χ4v) is 2.82. The van der Waals surface area contributed by atoms with Crippen LogP contribution in [0.5, 0.6) is 5.75 Å². The molecule has 0 fully saturated rings. The molecule has 1 rings (SSSR count). The van der Waals surface area contributed by atoms with E-state index in [1.807, 2.05) is 19.1 Å². The van der Waals surface area contributed by atoms with Gasteiger partial charge in [0, 0.05) is 18.7 Å². The Kier molecular flexibility index (Phi) is 8.68. The highest BCUT2D eigenvalue weighted by Crippen LogP contribution is 2.32. The highest BCUT2D eigenvalue weighted by Gasteiger charge is 2.53. The van der Waals surface area contributed by atoms with Crippen molar-refractivity contribution in [2.45, 2.75) is 39.2 Å². The summed E-state index contributed by atoms with van der Waals surface area (Å²) >= 11 is 0. The van der Waals surface area contributed by atoms with E-state index < -0.39 is 17.5 Å². The summed E-state index contributed by atoms with van der Waals surface area (Å²) in [6.45, 7) is 9.93. The molecule has 0 aromatic heterocycles. The number of esters is 2. The lowest BCUT2D eigenvalue weighted by Gasteiger charge is -2.40. The van der Waals surface area contributed by atoms with Gasteiger partial charge < -0.3 is 19.1 Å². The van der Waals surface area contributed by atoms with Crippen molar-refractivity contribution in [1.29, 1.82) is 0 Å². The van der Waals surface area contributed by atoms with Crippen molar-refractivity contribution in [3.8, 4) is 5.75 Å². The first-order valence-electron chi connectivity index (χ1n) is 8.88. The van der Waals surface area contributed by atoms with Gasteiger partial charge in [0.15, 0.2) is 0 Å². The van der Waals surface area contributed by atoms with E-state index in [9.17, 15) is 9.59 Å². The van der Waals surface area contributed by atoms with E-state index in [1.165, 1.54) is 0 Å². The van der Waals surface area contributed by atoms with Crippen LogP contribution in [0.2, 0.25) is 0 Å². The van der Waals surface area contributed by atoms with Gasteiger partial charge in [-0.2, -0.15) is 0 Å². The first kappa shape index (κ1) is 21.5. The Labute approximate surface area is 155 Å². The maximum atomic E-state index is 12.9. The minimum Gasteiger partial charge on any atom is -0.497 e. The number of nitrogens with zero attached hydrogens (tertiary/aromatic N) is 1. The summed E-state index contributed by atoms with van der Waals surface area (Å²) in [6, 6.07) is 7.19. The van der Waals surface area contributed by atoms with Crippen LogP contribution in [0.3, 0.4) is 0 Å². The summed E-state index contributed by atoms with van der Waals surface area (Å²) < 4.78 is 15.7. The Balaban J connectivity index is 3.54. The van der Waals surface area contributed by atoms with E-state index in [1.54, 1.807) is 44.1 Å². The lowest BCUT2D eigenvalue weighted by atomic mass is 9.91. The second kappa shape index (κ2) is 10.5. The number of benzene rings is 1. The number of rotatable bonds is 11. The van der Waals surface area contributed by atoms with Crippen molar-refractivity contribution in [2.24, 2.45) is 0 Å². The molecule has 0 saturated heterocycles.